The molecule has 0 rings (SSSR count). The standard InChI is InChI=1S/C16H31NO4/c1-6-8-9-10-12-20-15(18)14(13(3)4)17(5)16(19)21-11-7-2/h13-14H,6-12H2,1-5H3. The van der Waals surface area contributed by atoms with Crippen molar-refractivity contribution in [3.8, 4) is 0 Å². The summed E-state index contributed by atoms with van der Waals surface area (Å²) >= 11 is 0. The summed E-state index contributed by atoms with van der Waals surface area (Å²) < 4.78 is 10.4. The molecular weight excluding hydrogens is 270 g/mol. The molecule has 21 heavy (non-hydrogen) atoms. The minimum absolute atomic E-state index is 0.0210. The minimum Gasteiger partial charge on any atom is -0.464 e. The Bertz CT molecular complexity index is 305. The first kappa shape index (κ1) is 19.7. The molecule has 0 bridgehead atoms. The van der Waals surface area contributed by atoms with Crippen LogP contribution >= 0.6 is 0 Å². The maximum Gasteiger partial charge on any atom is 0.410 e. The molecule has 0 aromatic heterocycles. The maximum atomic E-state index is 12.2. The van der Waals surface area contributed by atoms with Crippen molar-refractivity contribution in [3.05, 3.63) is 0 Å². The van der Waals surface area contributed by atoms with E-state index in [0.717, 1.165) is 32.1 Å². The molecule has 5 nitrogen and oxygen atoms in total. The van der Waals surface area contributed by atoms with Crippen molar-refractivity contribution < 1.29 is 19.1 Å². The number of unbranched alkanes of at least 4 members (excludes halogenated alkanes) is 3. The Morgan fingerprint density at radius 2 is 1.62 bits per heavy atom. The largest absolute Gasteiger partial charge is 0.464 e. The zero-order valence-corrected chi connectivity index (χ0v) is 14.2. The molecule has 0 aromatic carbocycles. The van der Waals surface area contributed by atoms with Crippen molar-refractivity contribution in [2.75, 3.05) is 20.3 Å². The van der Waals surface area contributed by atoms with Crippen LogP contribution in [0.3, 0.4) is 0 Å². The van der Waals surface area contributed by atoms with E-state index >= 15 is 0 Å². The van der Waals surface area contributed by atoms with Gasteiger partial charge in [-0.05, 0) is 18.8 Å². The van der Waals surface area contributed by atoms with Gasteiger partial charge in [-0.3, -0.25) is 4.90 Å². The van der Waals surface area contributed by atoms with Gasteiger partial charge in [-0.1, -0.05) is 47.0 Å². The summed E-state index contributed by atoms with van der Waals surface area (Å²) in [6.07, 6.45) is 4.51. The minimum atomic E-state index is -0.597. The molecule has 0 N–H and O–H groups in total. The lowest BCUT2D eigenvalue weighted by molar-refractivity contribution is -0.150. The SMILES string of the molecule is CCCCCCOC(=O)C(C(C)C)N(C)C(=O)OCCC. The molecule has 0 fully saturated rings. The number of likely N-dealkylation sites (N-methyl/N-ethyl adjacent to an activating group) is 1. The van der Waals surface area contributed by atoms with Crippen LogP contribution in [0.25, 0.3) is 0 Å². The first-order valence-electron chi connectivity index (χ1n) is 8.01. The summed E-state index contributed by atoms with van der Waals surface area (Å²) in [6, 6.07) is -0.597. The van der Waals surface area contributed by atoms with Crippen molar-refractivity contribution in [1.29, 1.82) is 0 Å². The van der Waals surface area contributed by atoms with Crippen LogP contribution < -0.4 is 0 Å². The fourth-order valence-corrected chi connectivity index (χ4v) is 2.07. The van der Waals surface area contributed by atoms with Gasteiger partial charge in [0.05, 0.1) is 13.2 Å². The van der Waals surface area contributed by atoms with Crippen molar-refractivity contribution in [1.82, 2.24) is 4.90 Å². The van der Waals surface area contributed by atoms with Gasteiger partial charge in [-0.25, -0.2) is 9.59 Å². The quantitative estimate of drug-likeness (QED) is 0.457. The van der Waals surface area contributed by atoms with Crippen molar-refractivity contribution in [3.63, 3.8) is 0 Å². The third kappa shape index (κ3) is 7.93. The van der Waals surface area contributed by atoms with Crippen LogP contribution in [-0.4, -0.2) is 43.3 Å². The third-order valence-corrected chi connectivity index (χ3v) is 3.25. The zero-order chi connectivity index (χ0) is 16.3. The van der Waals surface area contributed by atoms with Gasteiger partial charge in [-0.2, -0.15) is 0 Å². The van der Waals surface area contributed by atoms with Crippen LogP contribution in [0, 0.1) is 5.92 Å². The van der Waals surface area contributed by atoms with Crippen molar-refractivity contribution in [2.45, 2.75) is 65.8 Å². The van der Waals surface area contributed by atoms with Crippen LogP contribution in [0.15, 0.2) is 0 Å². The van der Waals surface area contributed by atoms with Crippen LogP contribution in [0.5, 0.6) is 0 Å². The van der Waals surface area contributed by atoms with Crippen LogP contribution in [0.4, 0.5) is 4.79 Å². The summed E-state index contributed by atoms with van der Waals surface area (Å²) in [4.78, 5) is 25.4. The highest BCUT2D eigenvalue weighted by Crippen LogP contribution is 2.13. The number of amides is 1. The topological polar surface area (TPSA) is 55.8 Å². The van der Waals surface area contributed by atoms with Crippen LogP contribution in [-0.2, 0) is 14.3 Å². The molecule has 5 heteroatoms. The van der Waals surface area contributed by atoms with Gasteiger partial charge in [0.25, 0.3) is 0 Å². The van der Waals surface area contributed by atoms with E-state index in [2.05, 4.69) is 6.92 Å². The Balaban J connectivity index is 4.38. The average Bonchev–Trinajstić information content (AvgIpc) is 2.44. The molecule has 0 spiro atoms. The number of hydrogen-bond donors (Lipinski definition) is 0. The van der Waals surface area contributed by atoms with Crippen molar-refractivity contribution >= 4 is 12.1 Å². The lowest BCUT2D eigenvalue weighted by Crippen LogP contribution is -2.46. The highest BCUT2D eigenvalue weighted by Gasteiger charge is 2.31. The summed E-state index contributed by atoms with van der Waals surface area (Å²) in [5, 5.41) is 0. The first-order chi connectivity index (χ1) is 9.95. The fourth-order valence-electron chi connectivity index (χ4n) is 2.07. The van der Waals surface area contributed by atoms with Crippen LogP contribution in [0.2, 0.25) is 0 Å². The average molecular weight is 301 g/mol. The van der Waals surface area contributed by atoms with E-state index in [0.29, 0.717) is 13.2 Å². The molecule has 0 saturated heterocycles. The molecule has 1 unspecified atom stereocenters. The molecule has 0 heterocycles. The predicted molar refractivity (Wildman–Crippen MR) is 83.1 cm³/mol. The normalized spacial score (nSPS) is 12.1. The summed E-state index contributed by atoms with van der Waals surface area (Å²) in [7, 11) is 1.58. The maximum absolute atomic E-state index is 12.2. The molecule has 1 atom stereocenters. The van der Waals surface area contributed by atoms with E-state index in [4.69, 9.17) is 9.47 Å². The Morgan fingerprint density at radius 1 is 0.952 bits per heavy atom. The van der Waals surface area contributed by atoms with Gasteiger partial charge in [0, 0.05) is 7.05 Å². The molecule has 0 aliphatic carbocycles. The van der Waals surface area contributed by atoms with Gasteiger partial charge >= 0.3 is 12.1 Å². The summed E-state index contributed by atoms with van der Waals surface area (Å²) in [5.74, 6) is -0.371. The van der Waals surface area contributed by atoms with E-state index in [1.165, 1.54) is 4.90 Å². The number of esters is 1. The molecule has 0 saturated carbocycles. The lowest BCUT2D eigenvalue weighted by atomic mass is 10.0. The third-order valence-electron chi connectivity index (χ3n) is 3.25. The Kier molecular flexibility index (Phi) is 10.7. The molecule has 0 aliphatic rings. The number of rotatable bonds is 10. The first-order valence-corrected chi connectivity index (χ1v) is 8.01. The highest BCUT2D eigenvalue weighted by molar-refractivity contribution is 5.81. The van der Waals surface area contributed by atoms with E-state index < -0.39 is 12.1 Å². The number of nitrogens with zero attached hydrogens (tertiary/aromatic N) is 1. The Labute approximate surface area is 129 Å². The summed E-state index contributed by atoms with van der Waals surface area (Å²) in [6.45, 7) is 8.63. The van der Waals surface area contributed by atoms with E-state index in [1.807, 2.05) is 20.8 Å². The van der Waals surface area contributed by atoms with Gasteiger partial charge in [-0.15, -0.1) is 0 Å². The zero-order valence-electron chi connectivity index (χ0n) is 14.2. The summed E-state index contributed by atoms with van der Waals surface area (Å²) in [5.41, 5.74) is 0. The van der Waals surface area contributed by atoms with Crippen molar-refractivity contribution in [2.24, 2.45) is 5.92 Å². The molecule has 0 aliphatic heterocycles. The van der Waals surface area contributed by atoms with Gasteiger partial charge in [0.15, 0.2) is 0 Å². The number of carbonyl (C=O) groups excluding carboxylic acids is 2. The Hall–Kier alpha value is -1.26. The molecule has 0 radical (unpaired) electrons. The van der Waals surface area contributed by atoms with E-state index in [-0.39, 0.29) is 11.9 Å². The second-order valence-electron chi connectivity index (χ2n) is 5.64. The fraction of sp³-hybridized carbons (Fsp3) is 0.875. The molecule has 0 aromatic rings. The second-order valence-corrected chi connectivity index (χ2v) is 5.64. The smallest absolute Gasteiger partial charge is 0.410 e. The van der Waals surface area contributed by atoms with E-state index in [9.17, 15) is 9.59 Å². The molecule has 1 amide bonds. The monoisotopic (exact) mass is 301 g/mol. The number of carbonyl (C=O) groups is 2. The van der Waals surface area contributed by atoms with Crippen LogP contribution in [0.1, 0.15) is 59.8 Å². The number of hydrogen-bond acceptors (Lipinski definition) is 4. The second kappa shape index (κ2) is 11.4. The highest BCUT2D eigenvalue weighted by atomic mass is 16.6. The Morgan fingerprint density at radius 3 is 2.14 bits per heavy atom. The number of ether oxygens (including phenoxy) is 2. The molecular formula is C16H31NO4. The molecule has 124 valence electrons. The predicted octanol–water partition coefficient (Wildman–Crippen LogP) is 3.61. The van der Waals surface area contributed by atoms with Gasteiger partial charge in [0.1, 0.15) is 6.04 Å². The van der Waals surface area contributed by atoms with Gasteiger partial charge in [0.2, 0.25) is 0 Å². The van der Waals surface area contributed by atoms with Gasteiger partial charge < -0.3 is 9.47 Å². The lowest BCUT2D eigenvalue weighted by Gasteiger charge is -2.28. The van der Waals surface area contributed by atoms with E-state index in [1.54, 1.807) is 7.05 Å².